The highest BCUT2D eigenvalue weighted by Crippen LogP contribution is 2.33. The SMILES string of the molecule is COc1cc(NC(=O)/C=C/c2cccs2)ccc1N1CCCC1=O. The molecule has 2 amide bonds. The lowest BCUT2D eigenvalue weighted by Gasteiger charge is -2.19. The number of carbonyl (C=O) groups excluding carboxylic acids is 2. The van der Waals surface area contributed by atoms with E-state index < -0.39 is 0 Å². The number of amides is 2. The summed E-state index contributed by atoms with van der Waals surface area (Å²) in [6, 6.07) is 9.20. The first-order chi connectivity index (χ1) is 11.7. The number of methoxy groups -OCH3 is 1. The number of anilines is 2. The van der Waals surface area contributed by atoms with Crippen molar-refractivity contribution >= 4 is 40.6 Å². The lowest BCUT2D eigenvalue weighted by atomic mass is 10.2. The molecule has 5 nitrogen and oxygen atoms in total. The van der Waals surface area contributed by atoms with Gasteiger partial charge in [-0.1, -0.05) is 6.07 Å². The van der Waals surface area contributed by atoms with E-state index >= 15 is 0 Å². The van der Waals surface area contributed by atoms with Gasteiger partial charge in [0.1, 0.15) is 5.75 Å². The summed E-state index contributed by atoms with van der Waals surface area (Å²) in [7, 11) is 1.56. The Labute approximate surface area is 144 Å². The van der Waals surface area contributed by atoms with Crippen molar-refractivity contribution in [1.29, 1.82) is 0 Å². The second kappa shape index (κ2) is 7.31. The predicted octanol–water partition coefficient (Wildman–Crippen LogP) is 3.54. The summed E-state index contributed by atoms with van der Waals surface area (Å²) in [5.74, 6) is 0.463. The maximum Gasteiger partial charge on any atom is 0.248 e. The van der Waals surface area contributed by atoms with Crippen LogP contribution in [-0.2, 0) is 9.59 Å². The summed E-state index contributed by atoms with van der Waals surface area (Å²) < 4.78 is 5.39. The summed E-state index contributed by atoms with van der Waals surface area (Å²) in [6.45, 7) is 0.699. The van der Waals surface area contributed by atoms with Crippen molar-refractivity contribution in [3.05, 3.63) is 46.7 Å². The zero-order valence-corrected chi connectivity index (χ0v) is 14.1. The third-order valence-corrected chi connectivity index (χ3v) is 4.59. The maximum absolute atomic E-state index is 12.0. The van der Waals surface area contributed by atoms with Crippen LogP contribution in [0.5, 0.6) is 5.75 Å². The highest BCUT2D eigenvalue weighted by atomic mass is 32.1. The fourth-order valence-corrected chi connectivity index (χ4v) is 3.23. The molecule has 2 heterocycles. The first kappa shape index (κ1) is 16.3. The van der Waals surface area contributed by atoms with Gasteiger partial charge in [0.15, 0.2) is 0 Å². The molecule has 0 radical (unpaired) electrons. The molecule has 3 rings (SSSR count). The molecule has 0 atom stereocenters. The molecule has 0 spiro atoms. The highest BCUT2D eigenvalue weighted by Gasteiger charge is 2.24. The zero-order valence-electron chi connectivity index (χ0n) is 13.3. The normalized spacial score (nSPS) is 14.4. The Bertz CT molecular complexity index is 769. The zero-order chi connectivity index (χ0) is 16.9. The number of rotatable bonds is 5. The molecule has 1 aromatic carbocycles. The molecular formula is C18H18N2O3S. The minimum atomic E-state index is -0.213. The van der Waals surface area contributed by atoms with Gasteiger partial charge in [0.25, 0.3) is 0 Å². The van der Waals surface area contributed by atoms with Gasteiger partial charge in [0, 0.05) is 35.7 Å². The minimum absolute atomic E-state index is 0.101. The van der Waals surface area contributed by atoms with Gasteiger partial charge in [0.05, 0.1) is 12.8 Å². The van der Waals surface area contributed by atoms with E-state index in [9.17, 15) is 9.59 Å². The van der Waals surface area contributed by atoms with E-state index in [4.69, 9.17) is 4.74 Å². The van der Waals surface area contributed by atoms with Crippen LogP contribution in [0.2, 0.25) is 0 Å². The van der Waals surface area contributed by atoms with Crippen LogP contribution in [0.4, 0.5) is 11.4 Å². The quantitative estimate of drug-likeness (QED) is 0.846. The lowest BCUT2D eigenvalue weighted by molar-refractivity contribution is -0.117. The molecular weight excluding hydrogens is 324 g/mol. The number of benzene rings is 1. The van der Waals surface area contributed by atoms with Crippen LogP contribution in [0, 0.1) is 0 Å². The summed E-state index contributed by atoms with van der Waals surface area (Å²) >= 11 is 1.57. The van der Waals surface area contributed by atoms with Gasteiger partial charge in [0.2, 0.25) is 11.8 Å². The van der Waals surface area contributed by atoms with Gasteiger partial charge in [-0.25, -0.2) is 0 Å². The third kappa shape index (κ3) is 3.65. The minimum Gasteiger partial charge on any atom is -0.494 e. The van der Waals surface area contributed by atoms with E-state index in [2.05, 4.69) is 5.32 Å². The van der Waals surface area contributed by atoms with Crippen molar-refractivity contribution in [2.75, 3.05) is 23.9 Å². The number of nitrogens with zero attached hydrogens (tertiary/aromatic N) is 1. The molecule has 0 aliphatic carbocycles. The van der Waals surface area contributed by atoms with Crippen molar-refractivity contribution in [2.24, 2.45) is 0 Å². The molecule has 6 heteroatoms. The van der Waals surface area contributed by atoms with Crippen molar-refractivity contribution in [1.82, 2.24) is 0 Å². The Kier molecular flexibility index (Phi) is 4.96. The summed E-state index contributed by atoms with van der Waals surface area (Å²) in [5, 5.41) is 4.76. The molecule has 0 unspecified atom stereocenters. The average Bonchev–Trinajstić information content (AvgIpc) is 3.24. The fraction of sp³-hybridized carbons (Fsp3) is 0.222. The highest BCUT2D eigenvalue weighted by molar-refractivity contribution is 7.10. The Morgan fingerprint density at radius 3 is 2.92 bits per heavy atom. The number of nitrogens with one attached hydrogen (secondary N) is 1. The van der Waals surface area contributed by atoms with Crippen molar-refractivity contribution in [2.45, 2.75) is 12.8 Å². The van der Waals surface area contributed by atoms with Gasteiger partial charge in [-0.05, 0) is 36.1 Å². The number of ether oxygens (including phenoxy) is 1. The number of hydrogen-bond acceptors (Lipinski definition) is 4. The second-order valence-electron chi connectivity index (χ2n) is 5.37. The predicted molar refractivity (Wildman–Crippen MR) is 96.6 cm³/mol. The molecule has 1 aromatic heterocycles. The Morgan fingerprint density at radius 1 is 1.38 bits per heavy atom. The Hall–Kier alpha value is -2.60. The van der Waals surface area contributed by atoms with Gasteiger partial charge in [-0.15, -0.1) is 11.3 Å². The molecule has 1 aliphatic rings. The fourth-order valence-electron chi connectivity index (χ4n) is 2.61. The third-order valence-electron chi connectivity index (χ3n) is 3.75. The van der Waals surface area contributed by atoms with E-state index in [1.54, 1.807) is 47.6 Å². The van der Waals surface area contributed by atoms with Crippen LogP contribution >= 0.6 is 11.3 Å². The number of thiophene rings is 1. The number of hydrogen-bond donors (Lipinski definition) is 1. The van der Waals surface area contributed by atoms with Crippen molar-refractivity contribution in [3.63, 3.8) is 0 Å². The number of carbonyl (C=O) groups is 2. The average molecular weight is 342 g/mol. The lowest BCUT2D eigenvalue weighted by Crippen LogP contribution is -2.24. The van der Waals surface area contributed by atoms with Crippen LogP contribution < -0.4 is 15.0 Å². The second-order valence-corrected chi connectivity index (χ2v) is 6.35. The van der Waals surface area contributed by atoms with Crippen LogP contribution in [-0.4, -0.2) is 25.5 Å². The maximum atomic E-state index is 12.0. The smallest absolute Gasteiger partial charge is 0.248 e. The standard InChI is InChI=1S/C18H18N2O3S/c1-23-16-12-13(6-8-15(16)20-10-2-5-18(20)22)19-17(21)9-7-14-4-3-11-24-14/h3-4,6-9,11-12H,2,5,10H2,1H3,(H,19,21)/b9-7+. The summed E-state index contributed by atoms with van der Waals surface area (Å²) in [6.07, 6.45) is 4.69. The van der Waals surface area contributed by atoms with Crippen molar-refractivity contribution < 1.29 is 14.3 Å². The molecule has 124 valence electrons. The van der Waals surface area contributed by atoms with Gasteiger partial charge in [-0.3, -0.25) is 9.59 Å². The van der Waals surface area contributed by atoms with E-state index in [0.717, 1.165) is 17.0 Å². The van der Waals surface area contributed by atoms with E-state index in [-0.39, 0.29) is 11.8 Å². The van der Waals surface area contributed by atoms with Crippen LogP contribution in [0.25, 0.3) is 6.08 Å². The summed E-state index contributed by atoms with van der Waals surface area (Å²) in [5.41, 5.74) is 1.37. The van der Waals surface area contributed by atoms with E-state index in [1.165, 1.54) is 6.08 Å². The van der Waals surface area contributed by atoms with E-state index in [1.807, 2.05) is 17.5 Å². The van der Waals surface area contributed by atoms with Gasteiger partial charge in [-0.2, -0.15) is 0 Å². The molecule has 1 N–H and O–H groups in total. The first-order valence-corrected chi connectivity index (χ1v) is 8.56. The molecule has 2 aromatic rings. The Morgan fingerprint density at radius 2 is 2.25 bits per heavy atom. The molecule has 24 heavy (non-hydrogen) atoms. The van der Waals surface area contributed by atoms with Crippen LogP contribution in [0.15, 0.2) is 41.8 Å². The largest absolute Gasteiger partial charge is 0.494 e. The summed E-state index contributed by atoms with van der Waals surface area (Å²) in [4.78, 5) is 26.6. The molecule has 0 saturated carbocycles. The Balaban J connectivity index is 1.72. The van der Waals surface area contributed by atoms with Gasteiger partial charge < -0.3 is 15.0 Å². The molecule has 0 bridgehead atoms. The van der Waals surface area contributed by atoms with Crippen LogP contribution in [0.3, 0.4) is 0 Å². The molecule has 1 saturated heterocycles. The van der Waals surface area contributed by atoms with Gasteiger partial charge >= 0.3 is 0 Å². The van der Waals surface area contributed by atoms with Crippen LogP contribution in [0.1, 0.15) is 17.7 Å². The first-order valence-electron chi connectivity index (χ1n) is 7.68. The molecule has 1 aliphatic heterocycles. The monoisotopic (exact) mass is 342 g/mol. The van der Waals surface area contributed by atoms with E-state index in [0.29, 0.717) is 24.4 Å². The molecule has 1 fully saturated rings. The topological polar surface area (TPSA) is 58.6 Å². The van der Waals surface area contributed by atoms with Crippen molar-refractivity contribution in [3.8, 4) is 5.75 Å².